The predicted molar refractivity (Wildman–Crippen MR) is 102 cm³/mol. The molecule has 0 aromatic heterocycles. The molecule has 138 valence electrons. The maximum Gasteiger partial charge on any atom is 0.238 e. The van der Waals surface area contributed by atoms with Crippen molar-refractivity contribution in [3.63, 3.8) is 0 Å². The SMILES string of the molecule is C[C@H]1[C@H](C)CCC[C@@H]1NC(=O)CN(C)CC(=O)Nc1ccccc1Cl. The minimum absolute atomic E-state index is 0.0287. The van der Waals surface area contributed by atoms with Crippen LogP contribution < -0.4 is 10.6 Å². The summed E-state index contributed by atoms with van der Waals surface area (Å²) in [6, 6.07) is 7.33. The number of likely N-dealkylation sites (N-methyl/N-ethyl adjacent to an activating group) is 1. The van der Waals surface area contributed by atoms with Crippen molar-refractivity contribution >= 4 is 29.1 Å². The summed E-state index contributed by atoms with van der Waals surface area (Å²) in [5, 5.41) is 6.39. The molecule has 0 bridgehead atoms. The number of benzene rings is 1. The van der Waals surface area contributed by atoms with Gasteiger partial charge in [-0.1, -0.05) is 50.4 Å². The van der Waals surface area contributed by atoms with E-state index >= 15 is 0 Å². The summed E-state index contributed by atoms with van der Waals surface area (Å²) >= 11 is 6.03. The van der Waals surface area contributed by atoms with Gasteiger partial charge in [-0.05, 0) is 37.4 Å². The molecule has 0 spiro atoms. The van der Waals surface area contributed by atoms with Crippen LogP contribution in [0.15, 0.2) is 24.3 Å². The third-order valence-corrected chi connectivity index (χ3v) is 5.36. The van der Waals surface area contributed by atoms with E-state index in [1.54, 1.807) is 24.1 Å². The van der Waals surface area contributed by atoms with Crippen molar-refractivity contribution in [2.24, 2.45) is 11.8 Å². The second-order valence-corrected chi connectivity index (χ2v) is 7.55. The van der Waals surface area contributed by atoms with Crippen LogP contribution in [-0.2, 0) is 9.59 Å². The average molecular weight is 366 g/mol. The number of hydrogen-bond acceptors (Lipinski definition) is 3. The number of para-hydroxylation sites is 1. The molecule has 2 rings (SSSR count). The first kappa shape index (κ1) is 19.7. The van der Waals surface area contributed by atoms with Crippen molar-refractivity contribution in [3.05, 3.63) is 29.3 Å². The lowest BCUT2D eigenvalue weighted by Gasteiger charge is -2.34. The Kier molecular flexibility index (Phi) is 7.26. The van der Waals surface area contributed by atoms with E-state index in [1.165, 1.54) is 6.42 Å². The van der Waals surface area contributed by atoms with Gasteiger partial charge >= 0.3 is 0 Å². The Hall–Kier alpha value is -1.59. The maximum absolute atomic E-state index is 12.3. The molecule has 1 aromatic rings. The average Bonchev–Trinajstić information content (AvgIpc) is 2.53. The predicted octanol–water partition coefficient (Wildman–Crippen LogP) is 3.15. The second kappa shape index (κ2) is 9.20. The summed E-state index contributed by atoms with van der Waals surface area (Å²) in [6.07, 6.45) is 3.43. The molecule has 0 radical (unpaired) electrons. The van der Waals surface area contributed by atoms with E-state index in [1.807, 2.05) is 12.1 Å². The van der Waals surface area contributed by atoms with Crippen molar-refractivity contribution in [1.29, 1.82) is 0 Å². The van der Waals surface area contributed by atoms with E-state index in [2.05, 4.69) is 24.5 Å². The van der Waals surface area contributed by atoms with Gasteiger partial charge in [-0.3, -0.25) is 14.5 Å². The number of halogens is 1. The standard InChI is InChI=1S/C19H28ClN3O2/c1-13-7-6-10-16(14(13)2)21-18(24)11-23(3)12-19(25)22-17-9-5-4-8-15(17)20/h4-5,8-9,13-14,16H,6-7,10-12H2,1-3H3,(H,21,24)(H,22,25)/t13-,14+,16+/m1/s1. The highest BCUT2D eigenvalue weighted by molar-refractivity contribution is 6.33. The zero-order valence-corrected chi connectivity index (χ0v) is 16.0. The smallest absolute Gasteiger partial charge is 0.238 e. The fourth-order valence-electron chi connectivity index (χ4n) is 3.34. The van der Waals surface area contributed by atoms with E-state index in [-0.39, 0.29) is 30.9 Å². The molecule has 5 nitrogen and oxygen atoms in total. The highest BCUT2D eigenvalue weighted by Gasteiger charge is 2.28. The molecule has 3 atom stereocenters. The lowest BCUT2D eigenvalue weighted by Crippen LogP contribution is -2.47. The largest absolute Gasteiger partial charge is 0.352 e. The Morgan fingerprint density at radius 3 is 2.56 bits per heavy atom. The molecule has 1 aliphatic rings. The van der Waals surface area contributed by atoms with Crippen molar-refractivity contribution in [3.8, 4) is 0 Å². The highest BCUT2D eigenvalue weighted by Crippen LogP contribution is 2.29. The molecule has 1 saturated carbocycles. The molecule has 0 unspecified atom stereocenters. The van der Waals surface area contributed by atoms with Crippen molar-refractivity contribution in [2.45, 2.75) is 39.2 Å². The summed E-state index contributed by atoms with van der Waals surface area (Å²) in [7, 11) is 1.76. The quantitative estimate of drug-likeness (QED) is 0.814. The van der Waals surface area contributed by atoms with Gasteiger partial charge in [-0.15, -0.1) is 0 Å². The number of amides is 2. The molecular formula is C19H28ClN3O2. The van der Waals surface area contributed by atoms with E-state index in [0.717, 1.165) is 12.8 Å². The normalized spacial score (nSPS) is 23.3. The van der Waals surface area contributed by atoms with E-state index < -0.39 is 0 Å². The van der Waals surface area contributed by atoms with E-state index in [0.29, 0.717) is 22.5 Å². The van der Waals surface area contributed by atoms with Gasteiger partial charge in [-0.2, -0.15) is 0 Å². The molecule has 1 fully saturated rings. The second-order valence-electron chi connectivity index (χ2n) is 7.14. The van der Waals surface area contributed by atoms with Crippen molar-refractivity contribution in [2.75, 3.05) is 25.5 Å². The van der Waals surface area contributed by atoms with Crippen LogP contribution in [0, 0.1) is 11.8 Å². The van der Waals surface area contributed by atoms with Gasteiger partial charge in [0.15, 0.2) is 0 Å². The van der Waals surface area contributed by atoms with Crippen LogP contribution in [0.25, 0.3) is 0 Å². The summed E-state index contributed by atoms with van der Waals surface area (Å²) in [6.45, 7) is 4.78. The molecule has 1 aromatic carbocycles. The highest BCUT2D eigenvalue weighted by atomic mass is 35.5. The van der Waals surface area contributed by atoms with Gasteiger partial charge in [-0.25, -0.2) is 0 Å². The molecule has 0 saturated heterocycles. The van der Waals surface area contributed by atoms with Crippen LogP contribution >= 0.6 is 11.6 Å². The summed E-state index contributed by atoms with van der Waals surface area (Å²) in [4.78, 5) is 26.1. The fraction of sp³-hybridized carbons (Fsp3) is 0.579. The molecule has 25 heavy (non-hydrogen) atoms. The van der Waals surface area contributed by atoms with E-state index in [9.17, 15) is 9.59 Å². The first-order valence-electron chi connectivity index (χ1n) is 8.89. The Balaban J connectivity index is 1.77. The number of hydrogen-bond donors (Lipinski definition) is 2. The third-order valence-electron chi connectivity index (χ3n) is 5.03. The minimum Gasteiger partial charge on any atom is -0.352 e. The number of carbonyl (C=O) groups excluding carboxylic acids is 2. The van der Waals surface area contributed by atoms with Crippen molar-refractivity contribution in [1.82, 2.24) is 10.2 Å². The number of nitrogens with one attached hydrogen (secondary N) is 2. The number of nitrogens with zero attached hydrogens (tertiary/aromatic N) is 1. The molecule has 1 aliphatic carbocycles. The Morgan fingerprint density at radius 2 is 1.84 bits per heavy atom. The zero-order chi connectivity index (χ0) is 18.4. The summed E-state index contributed by atoms with van der Waals surface area (Å²) < 4.78 is 0. The van der Waals surface area contributed by atoms with Gasteiger partial charge in [0.05, 0.1) is 23.8 Å². The Labute approximate surface area is 155 Å². The summed E-state index contributed by atoms with van der Waals surface area (Å²) in [5.41, 5.74) is 0.581. The van der Waals surface area contributed by atoms with Crippen LogP contribution in [0.2, 0.25) is 5.02 Å². The van der Waals surface area contributed by atoms with Crippen LogP contribution in [-0.4, -0.2) is 42.9 Å². The van der Waals surface area contributed by atoms with Crippen LogP contribution in [0.3, 0.4) is 0 Å². The van der Waals surface area contributed by atoms with Crippen LogP contribution in [0.5, 0.6) is 0 Å². The minimum atomic E-state index is -0.192. The third kappa shape index (κ3) is 6.01. The molecule has 0 aliphatic heterocycles. The Morgan fingerprint density at radius 1 is 1.16 bits per heavy atom. The molecule has 6 heteroatoms. The molecule has 2 N–H and O–H groups in total. The summed E-state index contributed by atoms with van der Waals surface area (Å²) in [5.74, 6) is 0.909. The van der Waals surface area contributed by atoms with Gasteiger partial charge in [0, 0.05) is 6.04 Å². The van der Waals surface area contributed by atoms with Gasteiger partial charge in [0.25, 0.3) is 0 Å². The lowest BCUT2D eigenvalue weighted by molar-refractivity contribution is -0.124. The number of anilines is 1. The zero-order valence-electron chi connectivity index (χ0n) is 15.2. The molecular weight excluding hydrogens is 338 g/mol. The van der Waals surface area contributed by atoms with Crippen LogP contribution in [0.1, 0.15) is 33.1 Å². The monoisotopic (exact) mass is 365 g/mol. The first-order valence-corrected chi connectivity index (χ1v) is 9.27. The number of carbonyl (C=O) groups is 2. The fourth-order valence-corrected chi connectivity index (χ4v) is 3.52. The van der Waals surface area contributed by atoms with Crippen molar-refractivity contribution < 1.29 is 9.59 Å². The topological polar surface area (TPSA) is 61.4 Å². The number of rotatable bonds is 6. The lowest BCUT2D eigenvalue weighted by atomic mass is 9.78. The molecule has 2 amide bonds. The van der Waals surface area contributed by atoms with Gasteiger partial charge in [0.2, 0.25) is 11.8 Å². The van der Waals surface area contributed by atoms with Crippen LogP contribution in [0.4, 0.5) is 5.69 Å². The van der Waals surface area contributed by atoms with Gasteiger partial charge < -0.3 is 10.6 Å². The van der Waals surface area contributed by atoms with Gasteiger partial charge in [0.1, 0.15) is 0 Å². The first-order chi connectivity index (χ1) is 11.9. The maximum atomic E-state index is 12.3. The van der Waals surface area contributed by atoms with E-state index in [4.69, 9.17) is 11.6 Å². The Bertz CT molecular complexity index is 608. The molecule has 0 heterocycles.